The predicted octanol–water partition coefficient (Wildman–Crippen LogP) is -0.688. The first-order valence-corrected chi connectivity index (χ1v) is 3.80. The molecule has 11 heavy (non-hydrogen) atoms. The lowest BCUT2D eigenvalue weighted by atomic mass is 10.5. The van der Waals surface area contributed by atoms with Crippen LogP contribution in [0.5, 0.6) is 0 Å². The third kappa shape index (κ3) is 7.74. The predicted molar refractivity (Wildman–Crippen MR) is 42.2 cm³/mol. The van der Waals surface area contributed by atoms with E-state index in [1.54, 1.807) is 0 Å². The first-order valence-electron chi connectivity index (χ1n) is 3.80. The van der Waals surface area contributed by atoms with Crippen LogP contribution in [0.15, 0.2) is 0 Å². The molecule has 0 spiro atoms. The molecule has 1 unspecified atom stereocenters. The van der Waals surface area contributed by atoms with Gasteiger partial charge in [0.15, 0.2) is 0 Å². The van der Waals surface area contributed by atoms with Crippen molar-refractivity contribution in [3.05, 3.63) is 0 Å². The summed E-state index contributed by atoms with van der Waals surface area (Å²) in [5.74, 6) is 0. The van der Waals surface area contributed by atoms with E-state index in [-0.39, 0.29) is 19.3 Å². The second kappa shape index (κ2) is 6.54. The molecule has 68 valence electrons. The standard InChI is InChI=1S/C7H17NO3/c1-6(2)11-5-7(10)8-3-4-9/h6-10H,3-5H2,1-2H3. The number of nitrogens with one attached hydrogen (secondary N) is 1. The Kier molecular flexibility index (Phi) is 6.45. The third-order valence-corrected chi connectivity index (χ3v) is 1.08. The molecule has 0 aromatic rings. The maximum absolute atomic E-state index is 9.08. The van der Waals surface area contributed by atoms with Crippen LogP contribution in [0.25, 0.3) is 0 Å². The number of rotatable bonds is 6. The molecule has 0 aliphatic heterocycles. The van der Waals surface area contributed by atoms with E-state index in [1.807, 2.05) is 13.8 Å². The Morgan fingerprint density at radius 1 is 1.45 bits per heavy atom. The van der Waals surface area contributed by atoms with E-state index in [2.05, 4.69) is 5.32 Å². The molecule has 1 atom stereocenters. The van der Waals surface area contributed by atoms with E-state index in [0.717, 1.165) is 0 Å². The molecule has 0 saturated heterocycles. The lowest BCUT2D eigenvalue weighted by molar-refractivity contribution is -0.00960. The molecule has 0 aromatic heterocycles. The van der Waals surface area contributed by atoms with Crippen molar-refractivity contribution in [1.82, 2.24) is 5.32 Å². The van der Waals surface area contributed by atoms with Crippen LogP contribution in [-0.2, 0) is 4.74 Å². The summed E-state index contributed by atoms with van der Waals surface area (Å²) in [4.78, 5) is 0. The van der Waals surface area contributed by atoms with Crippen molar-refractivity contribution < 1.29 is 14.9 Å². The zero-order valence-electron chi connectivity index (χ0n) is 7.08. The molecule has 0 fully saturated rings. The van der Waals surface area contributed by atoms with Crippen molar-refractivity contribution in [2.45, 2.75) is 26.2 Å². The second-order valence-electron chi connectivity index (χ2n) is 2.58. The van der Waals surface area contributed by atoms with Gasteiger partial charge in [0.25, 0.3) is 0 Å². The van der Waals surface area contributed by atoms with E-state index in [0.29, 0.717) is 6.54 Å². The topological polar surface area (TPSA) is 61.7 Å². The maximum atomic E-state index is 9.08. The van der Waals surface area contributed by atoms with E-state index < -0.39 is 6.23 Å². The lowest BCUT2D eigenvalue weighted by Crippen LogP contribution is -2.35. The molecule has 0 aliphatic rings. The van der Waals surface area contributed by atoms with Crippen molar-refractivity contribution in [1.29, 1.82) is 0 Å². The van der Waals surface area contributed by atoms with Gasteiger partial charge in [0.2, 0.25) is 0 Å². The minimum atomic E-state index is -0.676. The molecular weight excluding hydrogens is 146 g/mol. The first kappa shape index (κ1) is 10.8. The quantitative estimate of drug-likeness (QED) is 0.454. The molecular formula is C7H17NO3. The smallest absolute Gasteiger partial charge is 0.128 e. The number of ether oxygens (including phenoxy) is 1. The van der Waals surface area contributed by atoms with Crippen LogP contribution in [0.3, 0.4) is 0 Å². The highest BCUT2D eigenvalue weighted by molar-refractivity contribution is 4.51. The van der Waals surface area contributed by atoms with Gasteiger partial charge >= 0.3 is 0 Å². The van der Waals surface area contributed by atoms with Gasteiger partial charge in [-0.2, -0.15) is 0 Å². The third-order valence-electron chi connectivity index (χ3n) is 1.08. The summed E-state index contributed by atoms with van der Waals surface area (Å²) in [7, 11) is 0. The summed E-state index contributed by atoms with van der Waals surface area (Å²) >= 11 is 0. The van der Waals surface area contributed by atoms with Crippen LogP contribution in [0.4, 0.5) is 0 Å². The highest BCUT2D eigenvalue weighted by Crippen LogP contribution is 1.88. The molecule has 4 nitrogen and oxygen atoms in total. The SMILES string of the molecule is CC(C)OCC(O)NCCO. The number of hydrogen-bond donors (Lipinski definition) is 3. The highest BCUT2D eigenvalue weighted by Gasteiger charge is 2.02. The minimum absolute atomic E-state index is 0.0265. The van der Waals surface area contributed by atoms with Gasteiger partial charge in [-0.05, 0) is 13.8 Å². The van der Waals surface area contributed by atoms with Gasteiger partial charge in [0.1, 0.15) is 6.23 Å². The summed E-state index contributed by atoms with van der Waals surface area (Å²) < 4.78 is 5.11. The van der Waals surface area contributed by atoms with Gasteiger partial charge < -0.3 is 14.9 Å². The molecule has 0 radical (unpaired) electrons. The van der Waals surface area contributed by atoms with Crippen molar-refractivity contribution in [2.75, 3.05) is 19.8 Å². The Bertz CT molecular complexity index is 87.8. The van der Waals surface area contributed by atoms with Gasteiger partial charge in [-0.3, -0.25) is 5.32 Å². The normalized spacial score (nSPS) is 13.9. The highest BCUT2D eigenvalue weighted by atomic mass is 16.5. The molecule has 0 amide bonds. The zero-order chi connectivity index (χ0) is 8.69. The largest absolute Gasteiger partial charge is 0.395 e. The Labute approximate surface area is 67.2 Å². The fourth-order valence-electron chi connectivity index (χ4n) is 0.574. The Balaban J connectivity index is 3.15. The Hall–Kier alpha value is -0.160. The molecule has 4 heteroatoms. The molecule has 0 saturated carbocycles. The Morgan fingerprint density at radius 3 is 2.55 bits per heavy atom. The maximum Gasteiger partial charge on any atom is 0.128 e. The van der Waals surface area contributed by atoms with E-state index >= 15 is 0 Å². The fraction of sp³-hybridized carbons (Fsp3) is 1.00. The average Bonchev–Trinajstić information content (AvgIpc) is 1.97. The minimum Gasteiger partial charge on any atom is -0.395 e. The Morgan fingerprint density at radius 2 is 2.09 bits per heavy atom. The van der Waals surface area contributed by atoms with Crippen LogP contribution < -0.4 is 5.32 Å². The zero-order valence-corrected chi connectivity index (χ0v) is 7.08. The van der Waals surface area contributed by atoms with E-state index in [4.69, 9.17) is 14.9 Å². The fourth-order valence-corrected chi connectivity index (χ4v) is 0.574. The van der Waals surface area contributed by atoms with E-state index in [1.165, 1.54) is 0 Å². The van der Waals surface area contributed by atoms with Crippen molar-refractivity contribution >= 4 is 0 Å². The molecule has 0 heterocycles. The van der Waals surface area contributed by atoms with Gasteiger partial charge in [0.05, 0.1) is 19.3 Å². The van der Waals surface area contributed by atoms with Gasteiger partial charge in [-0.1, -0.05) is 0 Å². The summed E-state index contributed by atoms with van der Waals surface area (Å²) in [6.07, 6.45) is -0.551. The summed E-state index contributed by atoms with van der Waals surface area (Å²) in [6.45, 7) is 4.48. The van der Waals surface area contributed by atoms with Crippen molar-refractivity contribution in [3.8, 4) is 0 Å². The number of hydrogen-bond acceptors (Lipinski definition) is 4. The van der Waals surface area contributed by atoms with E-state index in [9.17, 15) is 0 Å². The molecule has 0 aliphatic carbocycles. The first-order chi connectivity index (χ1) is 5.16. The van der Waals surface area contributed by atoms with Crippen LogP contribution in [0, 0.1) is 0 Å². The van der Waals surface area contributed by atoms with Crippen LogP contribution in [-0.4, -0.2) is 42.3 Å². The number of aliphatic hydroxyl groups excluding tert-OH is 2. The monoisotopic (exact) mass is 163 g/mol. The summed E-state index contributed by atoms with van der Waals surface area (Å²) in [5, 5.41) is 20.1. The van der Waals surface area contributed by atoms with Crippen molar-refractivity contribution in [2.24, 2.45) is 0 Å². The van der Waals surface area contributed by atoms with Crippen LogP contribution in [0.1, 0.15) is 13.8 Å². The van der Waals surface area contributed by atoms with Gasteiger partial charge in [0, 0.05) is 6.54 Å². The molecule has 0 rings (SSSR count). The summed E-state index contributed by atoms with van der Waals surface area (Å²) in [5.41, 5.74) is 0. The average molecular weight is 163 g/mol. The van der Waals surface area contributed by atoms with Crippen molar-refractivity contribution in [3.63, 3.8) is 0 Å². The molecule has 3 N–H and O–H groups in total. The van der Waals surface area contributed by atoms with Crippen LogP contribution in [0.2, 0.25) is 0 Å². The van der Waals surface area contributed by atoms with Gasteiger partial charge in [-0.15, -0.1) is 0 Å². The van der Waals surface area contributed by atoms with Gasteiger partial charge in [-0.25, -0.2) is 0 Å². The molecule has 0 bridgehead atoms. The molecule has 0 aromatic carbocycles. The van der Waals surface area contributed by atoms with Crippen LogP contribution >= 0.6 is 0 Å². The summed E-state index contributed by atoms with van der Waals surface area (Å²) in [6, 6.07) is 0. The second-order valence-corrected chi connectivity index (χ2v) is 2.58. The lowest BCUT2D eigenvalue weighted by Gasteiger charge is -2.13. The number of aliphatic hydroxyl groups is 2.